The van der Waals surface area contributed by atoms with Gasteiger partial charge in [-0.15, -0.1) is 0 Å². The maximum atomic E-state index is 11.0. The summed E-state index contributed by atoms with van der Waals surface area (Å²) in [7, 11) is 0. The Morgan fingerprint density at radius 1 is 1.23 bits per heavy atom. The van der Waals surface area contributed by atoms with Gasteiger partial charge in [-0.05, 0) is 30.7 Å². The Bertz CT molecular complexity index is 629. The fourth-order valence-electron chi connectivity index (χ4n) is 1.85. The van der Waals surface area contributed by atoms with Crippen molar-refractivity contribution in [1.82, 2.24) is 5.32 Å². The Kier molecular flexibility index (Phi) is 5.81. The molecule has 3 N–H and O–H groups in total. The first kappa shape index (κ1) is 16.3. The molecule has 2 rings (SSSR count). The summed E-state index contributed by atoms with van der Waals surface area (Å²) < 4.78 is 5.71. The predicted octanol–water partition coefficient (Wildman–Crippen LogP) is 2.88. The Morgan fingerprint density at radius 3 is 2.55 bits per heavy atom. The number of rotatable bonds is 7. The number of benzene rings is 2. The van der Waals surface area contributed by atoms with Crippen molar-refractivity contribution in [3.05, 3.63) is 64.7 Å². The number of carbonyl (C=O) groups is 1. The summed E-state index contributed by atoms with van der Waals surface area (Å²) in [5.74, 6) is 0.409. The second kappa shape index (κ2) is 7.82. The van der Waals surface area contributed by atoms with Crippen LogP contribution in [0.4, 0.5) is 0 Å². The average molecular weight is 319 g/mol. The molecule has 0 fully saturated rings. The first-order valence-electron chi connectivity index (χ1n) is 7.04. The summed E-state index contributed by atoms with van der Waals surface area (Å²) >= 11 is 6.09. The van der Waals surface area contributed by atoms with Gasteiger partial charge in [-0.25, -0.2) is 0 Å². The summed E-state index contributed by atoms with van der Waals surface area (Å²) in [6.45, 7) is 2.74. The minimum absolute atomic E-state index is 0.351. The summed E-state index contributed by atoms with van der Waals surface area (Å²) in [5.41, 5.74) is 7.20. The lowest BCUT2D eigenvalue weighted by Gasteiger charge is -2.11. The second-order valence-corrected chi connectivity index (χ2v) is 5.44. The molecule has 1 atom stereocenters. The molecule has 2 aromatic carbocycles. The van der Waals surface area contributed by atoms with Crippen LogP contribution in [0.5, 0.6) is 5.75 Å². The zero-order valence-corrected chi connectivity index (χ0v) is 13.1. The summed E-state index contributed by atoms with van der Waals surface area (Å²) in [6.07, 6.45) is 0. The fourth-order valence-corrected chi connectivity index (χ4v) is 2.04. The molecule has 2 aromatic rings. The zero-order chi connectivity index (χ0) is 15.9. The van der Waals surface area contributed by atoms with Gasteiger partial charge in [-0.2, -0.15) is 0 Å². The molecule has 0 aliphatic rings. The minimum Gasteiger partial charge on any atom is -0.489 e. The second-order valence-electron chi connectivity index (χ2n) is 5.03. The van der Waals surface area contributed by atoms with E-state index in [0.29, 0.717) is 18.2 Å². The largest absolute Gasteiger partial charge is 0.489 e. The number of halogens is 1. The summed E-state index contributed by atoms with van der Waals surface area (Å²) in [6, 6.07) is 14.9. The van der Waals surface area contributed by atoms with Gasteiger partial charge in [-0.3, -0.25) is 4.79 Å². The summed E-state index contributed by atoms with van der Waals surface area (Å²) in [4.78, 5) is 11.0. The highest BCUT2D eigenvalue weighted by molar-refractivity contribution is 6.31. The fraction of sp³-hybridized carbons (Fsp3) is 0.235. The van der Waals surface area contributed by atoms with Gasteiger partial charge in [0.1, 0.15) is 12.4 Å². The number of amides is 1. The lowest BCUT2D eigenvalue weighted by molar-refractivity contribution is -0.119. The van der Waals surface area contributed by atoms with E-state index in [1.165, 1.54) is 0 Å². The Labute approximate surface area is 135 Å². The van der Waals surface area contributed by atoms with Crippen LogP contribution in [0.3, 0.4) is 0 Å². The molecule has 5 heteroatoms. The van der Waals surface area contributed by atoms with Crippen LogP contribution in [-0.2, 0) is 17.9 Å². The maximum absolute atomic E-state index is 11.0. The molecule has 0 saturated heterocycles. The number of hydrogen-bond donors (Lipinski definition) is 2. The van der Waals surface area contributed by atoms with E-state index in [1.54, 1.807) is 6.92 Å². The molecule has 4 nitrogen and oxygen atoms in total. The average Bonchev–Trinajstić information content (AvgIpc) is 2.52. The number of ether oxygens (including phenoxy) is 1. The molecule has 1 amide bonds. The predicted molar refractivity (Wildman–Crippen MR) is 87.7 cm³/mol. The number of carbonyl (C=O) groups excluding carboxylic acids is 1. The quantitative estimate of drug-likeness (QED) is 0.825. The van der Waals surface area contributed by atoms with Gasteiger partial charge < -0.3 is 15.8 Å². The van der Waals surface area contributed by atoms with Crippen LogP contribution >= 0.6 is 11.6 Å². The Hall–Kier alpha value is -2.04. The van der Waals surface area contributed by atoms with Gasteiger partial charge in [0.05, 0.1) is 6.04 Å². The lowest BCUT2D eigenvalue weighted by atomic mass is 10.2. The standard InChI is InChI=1S/C17H19ClN2O2/c1-12(17(19)21)20-10-13-6-8-15(9-7-13)22-11-14-4-2-3-5-16(14)18/h2-9,12,20H,10-11H2,1H3,(H2,19,21)/t12-/m1/s1. The molecular formula is C17H19ClN2O2. The van der Waals surface area contributed by atoms with Crippen molar-refractivity contribution in [3.63, 3.8) is 0 Å². The van der Waals surface area contributed by atoms with Crippen LogP contribution in [0, 0.1) is 0 Å². The van der Waals surface area contributed by atoms with E-state index in [4.69, 9.17) is 22.1 Å². The molecule has 0 aromatic heterocycles. The van der Waals surface area contributed by atoms with Gasteiger partial charge in [0.15, 0.2) is 0 Å². The van der Waals surface area contributed by atoms with E-state index < -0.39 is 0 Å². The highest BCUT2D eigenvalue weighted by Crippen LogP contribution is 2.19. The number of nitrogens with two attached hydrogens (primary N) is 1. The smallest absolute Gasteiger partial charge is 0.234 e. The van der Waals surface area contributed by atoms with Crippen LogP contribution in [-0.4, -0.2) is 11.9 Å². The van der Waals surface area contributed by atoms with Crippen molar-refractivity contribution in [3.8, 4) is 5.75 Å². The number of nitrogens with one attached hydrogen (secondary N) is 1. The third-order valence-electron chi connectivity index (χ3n) is 3.31. The van der Waals surface area contributed by atoms with Crippen LogP contribution in [0.15, 0.2) is 48.5 Å². The van der Waals surface area contributed by atoms with E-state index in [9.17, 15) is 4.79 Å². The molecule has 0 radical (unpaired) electrons. The molecule has 0 spiro atoms. The molecule has 0 saturated carbocycles. The van der Waals surface area contributed by atoms with E-state index in [1.807, 2.05) is 48.5 Å². The van der Waals surface area contributed by atoms with Gasteiger partial charge in [-0.1, -0.05) is 41.9 Å². The van der Waals surface area contributed by atoms with Crippen molar-refractivity contribution in [2.45, 2.75) is 26.1 Å². The van der Waals surface area contributed by atoms with Gasteiger partial charge >= 0.3 is 0 Å². The zero-order valence-electron chi connectivity index (χ0n) is 12.4. The normalized spacial score (nSPS) is 11.9. The van der Waals surface area contributed by atoms with E-state index in [-0.39, 0.29) is 11.9 Å². The first-order valence-corrected chi connectivity index (χ1v) is 7.42. The van der Waals surface area contributed by atoms with Crippen molar-refractivity contribution in [2.24, 2.45) is 5.73 Å². The minimum atomic E-state index is -0.361. The molecule has 0 heterocycles. The number of hydrogen-bond acceptors (Lipinski definition) is 3. The van der Waals surface area contributed by atoms with Crippen LogP contribution in [0.2, 0.25) is 5.02 Å². The Balaban J connectivity index is 1.87. The lowest BCUT2D eigenvalue weighted by Crippen LogP contribution is -2.38. The van der Waals surface area contributed by atoms with Crippen LogP contribution < -0.4 is 15.8 Å². The molecule has 0 aliphatic carbocycles. The molecule has 0 bridgehead atoms. The van der Waals surface area contributed by atoms with Gasteiger partial charge in [0, 0.05) is 17.1 Å². The van der Waals surface area contributed by atoms with Crippen molar-refractivity contribution in [1.29, 1.82) is 0 Å². The van der Waals surface area contributed by atoms with Crippen LogP contribution in [0.1, 0.15) is 18.1 Å². The highest BCUT2D eigenvalue weighted by atomic mass is 35.5. The van der Waals surface area contributed by atoms with E-state index >= 15 is 0 Å². The third-order valence-corrected chi connectivity index (χ3v) is 3.68. The maximum Gasteiger partial charge on any atom is 0.234 e. The molecule has 22 heavy (non-hydrogen) atoms. The van der Waals surface area contributed by atoms with Crippen LogP contribution in [0.25, 0.3) is 0 Å². The molecular weight excluding hydrogens is 300 g/mol. The topological polar surface area (TPSA) is 64.3 Å². The van der Waals surface area contributed by atoms with E-state index in [2.05, 4.69) is 5.32 Å². The monoisotopic (exact) mass is 318 g/mol. The Morgan fingerprint density at radius 2 is 1.91 bits per heavy atom. The SMILES string of the molecule is C[C@@H](NCc1ccc(OCc2ccccc2Cl)cc1)C(N)=O. The highest BCUT2D eigenvalue weighted by Gasteiger charge is 2.07. The number of primary amides is 1. The molecule has 116 valence electrons. The first-order chi connectivity index (χ1) is 10.6. The van der Waals surface area contributed by atoms with Crippen molar-refractivity contribution >= 4 is 17.5 Å². The van der Waals surface area contributed by atoms with E-state index in [0.717, 1.165) is 16.9 Å². The third kappa shape index (κ3) is 4.76. The molecule has 0 unspecified atom stereocenters. The van der Waals surface area contributed by atoms with Crippen molar-refractivity contribution in [2.75, 3.05) is 0 Å². The van der Waals surface area contributed by atoms with Gasteiger partial charge in [0.25, 0.3) is 0 Å². The summed E-state index contributed by atoms with van der Waals surface area (Å²) in [5, 5.41) is 3.75. The van der Waals surface area contributed by atoms with Crippen molar-refractivity contribution < 1.29 is 9.53 Å². The molecule has 0 aliphatic heterocycles. The van der Waals surface area contributed by atoms with Gasteiger partial charge in [0.2, 0.25) is 5.91 Å².